The van der Waals surface area contributed by atoms with Gasteiger partial charge in [0.25, 0.3) is 0 Å². The zero-order valence-corrected chi connectivity index (χ0v) is 22.2. The van der Waals surface area contributed by atoms with Crippen LogP contribution in [0.3, 0.4) is 0 Å². The van der Waals surface area contributed by atoms with Crippen molar-refractivity contribution in [2.24, 2.45) is 33.5 Å². The van der Waals surface area contributed by atoms with E-state index in [1.165, 1.54) is 0 Å². The topological polar surface area (TPSA) is 36.9 Å². The molecule has 29 heavy (non-hydrogen) atoms. The Labute approximate surface area is 180 Å². The molecular weight excluding hydrogens is 402 g/mol. The molecule has 0 spiro atoms. The number of hydrogen-bond acceptors (Lipinski definition) is 4. The molecule has 0 aromatic heterocycles. The van der Waals surface area contributed by atoms with E-state index in [0.717, 1.165) is 12.8 Å². The van der Waals surface area contributed by atoms with Crippen LogP contribution in [0.25, 0.3) is 0 Å². The lowest BCUT2D eigenvalue weighted by molar-refractivity contribution is -0.0132. The van der Waals surface area contributed by atoms with Gasteiger partial charge in [-0.1, -0.05) is 61.7 Å². The summed E-state index contributed by atoms with van der Waals surface area (Å²) in [5, 5.41) is 0. The fraction of sp³-hybridized carbons (Fsp3) is 0.957. The van der Waals surface area contributed by atoms with Crippen LogP contribution >= 0.6 is 15.7 Å². The molecule has 2 bridgehead atoms. The Morgan fingerprint density at radius 2 is 1.62 bits per heavy atom. The summed E-state index contributed by atoms with van der Waals surface area (Å²) in [5.41, 5.74) is 0.0223. The fourth-order valence-electron chi connectivity index (χ4n) is 6.21. The number of hydrogen-bond donors (Lipinski definition) is 0. The maximum Gasteiger partial charge on any atom is 0.167 e. The highest BCUT2D eigenvalue weighted by atomic mass is 31.2. The van der Waals surface area contributed by atoms with Gasteiger partial charge in [0.1, 0.15) is 7.34 Å². The van der Waals surface area contributed by atoms with Crippen molar-refractivity contribution in [3.63, 3.8) is 0 Å². The summed E-state index contributed by atoms with van der Waals surface area (Å²) < 4.78 is 26.4. The van der Waals surface area contributed by atoms with E-state index >= 15 is 0 Å². The Hall–Kier alpha value is 0.570. The van der Waals surface area contributed by atoms with Gasteiger partial charge in [-0.3, -0.25) is 0 Å². The summed E-state index contributed by atoms with van der Waals surface area (Å²) in [7, 11) is -3.17. The highest BCUT2D eigenvalue weighted by Gasteiger charge is 2.59. The monoisotopic (exact) mass is 446 g/mol. The Kier molecular flexibility index (Phi) is 6.32. The number of rotatable bonds is 0. The summed E-state index contributed by atoms with van der Waals surface area (Å²) in [5.74, 6) is 1.00. The molecule has 1 heterocycles. The molecular formula is C23H44O4P2. The van der Waals surface area contributed by atoms with Gasteiger partial charge in [0, 0.05) is 18.7 Å². The maximum atomic E-state index is 6.72. The molecule has 0 aromatic rings. The largest absolute Gasteiger partial charge is 0.337 e. The summed E-state index contributed by atoms with van der Waals surface area (Å²) in [6.45, 7) is 24.1. The summed E-state index contributed by atoms with van der Waals surface area (Å²) >= 11 is 0. The molecule has 1 saturated heterocycles. The standard InChI is InChI=1S/C23H44O4P2/c1-16-12-23(8)15-24-28(9)26-19-20(3,4)17(2)13-22(19,7)14-25-29(10,11)27-18(16)21(23,5)6/h16-19H,10,12-15H2,1-9,11H3/t16-,17-,18+,19+,22-,23-,28?,29?/m1/s1. The molecule has 0 amide bonds. The molecule has 8 atom stereocenters. The predicted octanol–water partition coefficient (Wildman–Crippen LogP) is 6.80. The van der Waals surface area contributed by atoms with E-state index in [1.807, 2.05) is 0 Å². The summed E-state index contributed by atoms with van der Waals surface area (Å²) in [6, 6.07) is 0. The minimum atomic E-state index is -2.21. The third kappa shape index (κ3) is 4.17. The van der Waals surface area contributed by atoms with Gasteiger partial charge in [-0.25, -0.2) is 0 Å². The molecule has 2 unspecified atom stereocenters. The van der Waals surface area contributed by atoms with Crippen LogP contribution in [0, 0.1) is 33.5 Å². The second-order valence-electron chi connectivity index (χ2n) is 12.1. The first-order valence-corrected chi connectivity index (χ1v) is 15.0. The lowest BCUT2D eigenvalue weighted by Crippen LogP contribution is -2.41. The second-order valence-corrected chi connectivity index (χ2v) is 15.9. The molecule has 2 aliphatic carbocycles. The van der Waals surface area contributed by atoms with Crippen LogP contribution < -0.4 is 0 Å². The van der Waals surface area contributed by atoms with Crippen LogP contribution in [0.4, 0.5) is 0 Å². The zero-order chi connectivity index (χ0) is 22.0. The Bertz CT molecular complexity index is 678. The van der Waals surface area contributed by atoms with Crippen LogP contribution in [0.1, 0.15) is 68.2 Å². The molecule has 4 nitrogen and oxygen atoms in total. The molecule has 0 radical (unpaired) electrons. The van der Waals surface area contributed by atoms with Crippen molar-refractivity contribution in [1.29, 1.82) is 0 Å². The zero-order valence-electron chi connectivity index (χ0n) is 20.4. The summed E-state index contributed by atoms with van der Waals surface area (Å²) in [6.07, 6.45) is 6.82. The molecule has 3 aliphatic rings. The summed E-state index contributed by atoms with van der Waals surface area (Å²) in [4.78, 5) is 0. The van der Waals surface area contributed by atoms with Crippen LogP contribution in [-0.2, 0) is 18.1 Å². The first kappa shape index (κ1) is 24.2. The van der Waals surface area contributed by atoms with Gasteiger partial charge in [0.2, 0.25) is 0 Å². The van der Waals surface area contributed by atoms with E-state index in [0.29, 0.717) is 25.0 Å². The van der Waals surface area contributed by atoms with E-state index < -0.39 is 15.7 Å². The molecule has 6 heteroatoms. The second kappa shape index (κ2) is 7.57. The lowest BCUT2D eigenvalue weighted by atomic mass is 9.69. The van der Waals surface area contributed by atoms with Crippen molar-refractivity contribution in [3.8, 4) is 0 Å². The Balaban J connectivity index is 1.97. The van der Waals surface area contributed by atoms with Crippen LogP contribution in [-0.4, -0.2) is 45.1 Å². The molecule has 2 saturated carbocycles. The molecule has 0 aromatic carbocycles. The minimum absolute atomic E-state index is 0.0213. The maximum absolute atomic E-state index is 6.72. The molecule has 1 aliphatic heterocycles. The van der Waals surface area contributed by atoms with Crippen LogP contribution in [0.5, 0.6) is 0 Å². The molecule has 0 N–H and O–H groups in total. The van der Waals surface area contributed by atoms with Gasteiger partial charge < -0.3 is 18.1 Å². The third-order valence-electron chi connectivity index (χ3n) is 8.73. The van der Waals surface area contributed by atoms with Gasteiger partial charge >= 0.3 is 0 Å². The lowest BCUT2D eigenvalue weighted by Gasteiger charge is -2.42. The molecule has 3 fully saturated rings. The quantitative estimate of drug-likeness (QED) is 0.384. The van der Waals surface area contributed by atoms with Gasteiger partial charge in [-0.15, -0.1) is 0 Å². The van der Waals surface area contributed by atoms with Gasteiger partial charge in [0.15, 0.2) is 8.38 Å². The molecule has 3 rings (SSSR count). The van der Waals surface area contributed by atoms with Crippen molar-refractivity contribution < 1.29 is 18.1 Å². The normalized spacial score (nSPS) is 52.8. The highest BCUT2D eigenvalue weighted by Crippen LogP contribution is 2.64. The average Bonchev–Trinajstić information content (AvgIpc) is 2.85. The van der Waals surface area contributed by atoms with Gasteiger partial charge in [0.05, 0.1) is 25.4 Å². The first-order valence-electron chi connectivity index (χ1n) is 11.1. The Morgan fingerprint density at radius 1 is 1.00 bits per heavy atom. The van der Waals surface area contributed by atoms with E-state index in [1.54, 1.807) is 0 Å². The minimum Gasteiger partial charge on any atom is -0.337 e. The van der Waals surface area contributed by atoms with Crippen molar-refractivity contribution in [1.82, 2.24) is 0 Å². The third-order valence-corrected chi connectivity index (χ3v) is 11.1. The van der Waals surface area contributed by atoms with E-state index in [4.69, 9.17) is 18.1 Å². The number of fused-ring (bicyclic) bond motifs is 3. The predicted molar refractivity (Wildman–Crippen MR) is 126 cm³/mol. The van der Waals surface area contributed by atoms with E-state index in [9.17, 15) is 0 Å². The fourth-order valence-corrected chi connectivity index (χ4v) is 9.14. The van der Waals surface area contributed by atoms with Crippen molar-refractivity contribution >= 4 is 22.0 Å². The van der Waals surface area contributed by atoms with Gasteiger partial charge in [-0.05, 0) is 40.9 Å². The Morgan fingerprint density at radius 3 is 2.24 bits per heavy atom. The SMILES string of the molecule is C=P1(C)OC[C@@]2(C)C[C@@H](C)C(C)(C)[C@@H]2OP(C)OC[C@@]2(C)C[C@@H](C)[C@H](O1)C2(C)C. The van der Waals surface area contributed by atoms with Crippen LogP contribution in [0.15, 0.2) is 0 Å². The van der Waals surface area contributed by atoms with Crippen molar-refractivity contribution in [2.75, 3.05) is 26.5 Å². The smallest absolute Gasteiger partial charge is 0.167 e. The van der Waals surface area contributed by atoms with Crippen molar-refractivity contribution in [3.05, 3.63) is 0 Å². The average molecular weight is 447 g/mol. The van der Waals surface area contributed by atoms with Gasteiger partial charge in [-0.2, -0.15) is 0 Å². The van der Waals surface area contributed by atoms with E-state index in [2.05, 4.69) is 75.0 Å². The van der Waals surface area contributed by atoms with Crippen molar-refractivity contribution in [2.45, 2.75) is 80.4 Å². The molecule has 170 valence electrons. The van der Waals surface area contributed by atoms with Crippen LogP contribution in [0.2, 0.25) is 0 Å². The highest BCUT2D eigenvalue weighted by molar-refractivity contribution is 7.63. The van der Waals surface area contributed by atoms with E-state index in [-0.39, 0.29) is 33.9 Å². The first-order chi connectivity index (χ1) is 13.0.